The van der Waals surface area contributed by atoms with E-state index in [2.05, 4.69) is 0 Å². The van der Waals surface area contributed by atoms with E-state index in [1.54, 1.807) is 25.3 Å². The minimum atomic E-state index is -0.273. The highest BCUT2D eigenvalue weighted by molar-refractivity contribution is 5.66. The van der Waals surface area contributed by atoms with E-state index >= 15 is 0 Å². The van der Waals surface area contributed by atoms with Gasteiger partial charge in [-0.25, -0.2) is 4.39 Å². The van der Waals surface area contributed by atoms with Crippen molar-refractivity contribution in [2.75, 3.05) is 13.7 Å². The van der Waals surface area contributed by atoms with Crippen molar-refractivity contribution >= 4 is 0 Å². The number of hydrogen-bond donors (Lipinski definition) is 1. The quantitative estimate of drug-likeness (QED) is 0.898. The second-order valence-electron chi connectivity index (χ2n) is 4.02. The van der Waals surface area contributed by atoms with Crippen LogP contribution in [0.15, 0.2) is 42.5 Å². The molecule has 0 aliphatic heterocycles. The molecule has 2 aromatic carbocycles. The van der Waals surface area contributed by atoms with Crippen LogP contribution in [0.25, 0.3) is 11.1 Å². The predicted molar refractivity (Wildman–Crippen MR) is 69.2 cm³/mol. The molecule has 1 N–H and O–H groups in total. The van der Waals surface area contributed by atoms with Gasteiger partial charge in [0, 0.05) is 12.2 Å². The third-order valence-corrected chi connectivity index (χ3v) is 2.81. The summed E-state index contributed by atoms with van der Waals surface area (Å²) in [4.78, 5) is 0. The first-order valence-corrected chi connectivity index (χ1v) is 5.78. The van der Waals surface area contributed by atoms with Crippen molar-refractivity contribution in [1.82, 2.24) is 0 Å². The molecule has 0 saturated heterocycles. The normalized spacial score (nSPS) is 10.4. The highest BCUT2D eigenvalue weighted by Crippen LogP contribution is 2.27. The van der Waals surface area contributed by atoms with Crippen molar-refractivity contribution in [3.63, 3.8) is 0 Å². The number of hydrogen-bond acceptors (Lipinski definition) is 2. The summed E-state index contributed by atoms with van der Waals surface area (Å²) in [5, 5.41) is 8.92. The monoisotopic (exact) mass is 246 g/mol. The minimum absolute atomic E-state index is 0.0587. The number of benzene rings is 2. The van der Waals surface area contributed by atoms with Crippen LogP contribution in [-0.2, 0) is 6.42 Å². The van der Waals surface area contributed by atoms with Gasteiger partial charge >= 0.3 is 0 Å². The lowest BCUT2D eigenvalue weighted by Crippen LogP contribution is -1.93. The van der Waals surface area contributed by atoms with Crippen molar-refractivity contribution < 1.29 is 14.2 Å². The number of halogens is 1. The van der Waals surface area contributed by atoms with Gasteiger partial charge in [-0.3, -0.25) is 0 Å². The van der Waals surface area contributed by atoms with Crippen LogP contribution in [0.1, 0.15) is 5.56 Å². The number of ether oxygens (including phenoxy) is 1. The van der Waals surface area contributed by atoms with E-state index in [1.165, 1.54) is 6.07 Å². The van der Waals surface area contributed by atoms with E-state index in [1.807, 2.05) is 18.2 Å². The maximum Gasteiger partial charge on any atom is 0.131 e. The molecular formula is C15H15FO2. The standard InChI is InChI=1S/C15H15FO2/c1-18-13-4-2-3-12(10-13)14-9-11(7-8-17)5-6-15(14)16/h2-6,9-10,17H,7-8H2,1H3. The number of rotatable bonds is 4. The van der Waals surface area contributed by atoms with Crippen LogP contribution in [0.5, 0.6) is 5.75 Å². The summed E-state index contributed by atoms with van der Waals surface area (Å²) in [6.07, 6.45) is 0.525. The molecule has 94 valence electrons. The summed E-state index contributed by atoms with van der Waals surface area (Å²) in [6, 6.07) is 12.2. The van der Waals surface area contributed by atoms with Gasteiger partial charge in [-0.05, 0) is 41.8 Å². The third-order valence-electron chi connectivity index (χ3n) is 2.81. The molecule has 0 radical (unpaired) electrons. The molecule has 0 heterocycles. The minimum Gasteiger partial charge on any atom is -0.497 e. The van der Waals surface area contributed by atoms with Crippen LogP contribution >= 0.6 is 0 Å². The molecule has 2 rings (SSSR count). The van der Waals surface area contributed by atoms with Gasteiger partial charge in [0.25, 0.3) is 0 Å². The fourth-order valence-electron chi connectivity index (χ4n) is 1.87. The Morgan fingerprint density at radius 2 is 2.00 bits per heavy atom. The highest BCUT2D eigenvalue weighted by atomic mass is 19.1. The fraction of sp³-hybridized carbons (Fsp3) is 0.200. The lowest BCUT2D eigenvalue weighted by molar-refractivity contribution is 0.299. The van der Waals surface area contributed by atoms with Crippen molar-refractivity contribution in [3.8, 4) is 16.9 Å². The second-order valence-corrected chi connectivity index (χ2v) is 4.02. The van der Waals surface area contributed by atoms with Gasteiger partial charge in [0.15, 0.2) is 0 Å². The molecule has 0 amide bonds. The average molecular weight is 246 g/mol. The van der Waals surface area contributed by atoms with Crippen molar-refractivity contribution in [2.45, 2.75) is 6.42 Å². The smallest absolute Gasteiger partial charge is 0.131 e. The van der Waals surface area contributed by atoms with E-state index < -0.39 is 0 Å². The van der Waals surface area contributed by atoms with Crippen LogP contribution in [0.3, 0.4) is 0 Å². The molecular weight excluding hydrogens is 231 g/mol. The van der Waals surface area contributed by atoms with Gasteiger partial charge in [-0.2, -0.15) is 0 Å². The maximum atomic E-state index is 13.8. The van der Waals surface area contributed by atoms with Gasteiger partial charge < -0.3 is 9.84 Å². The highest BCUT2D eigenvalue weighted by Gasteiger charge is 2.07. The molecule has 0 aliphatic rings. The first kappa shape index (κ1) is 12.6. The zero-order chi connectivity index (χ0) is 13.0. The Morgan fingerprint density at radius 1 is 1.17 bits per heavy atom. The molecule has 0 saturated carbocycles. The summed E-state index contributed by atoms with van der Waals surface area (Å²) in [5.74, 6) is 0.421. The second kappa shape index (κ2) is 5.65. The van der Waals surface area contributed by atoms with E-state index in [-0.39, 0.29) is 12.4 Å². The topological polar surface area (TPSA) is 29.5 Å². The third kappa shape index (κ3) is 2.68. The number of aliphatic hydroxyl groups is 1. The average Bonchev–Trinajstić information content (AvgIpc) is 2.41. The van der Waals surface area contributed by atoms with Crippen molar-refractivity contribution in [1.29, 1.82) is 0 Å². The van der Waals surface area contributed by atoms with Gasteiger partial charge in [0.05, 0.1) is 7.11 Å². The first-order chi connectivity index (χ1) is 8.74. The van der Waals surface area contributed by atoms with Crippen molar-refractivity contribution in [2.24, 2.45) is 0 Å². The van der Waals surface area contributed by atoms with E-state index in [0.29, 0.717) is 17.7 Å². The Balaban J connectivity index is 2.44. The molecule has 2 nitrogen and oxygen atoms in total. The molecule has 0 aromatic heterocycles. The Morgan fingerprint density at radius 3 is 2.72 bits per heavy atom. The molecule has 3 heteroatoms. The van der Waals surface area contributed by atoms with Crippen LogP contribution in [0, 0.1) is 5.82 Å². The number of methoxy groups -OCH3 is 1. The molecule has 2 aromatic rings. The van der Waals surface area contributed by atoms with Gasteiger partial charge in [0.1, 0.15) is 11.6 Å². The zero-order valence-electron chi connectivity index (χ0n) is 10.2. The SMILES string of the molecule is COc1cccc(-c2cc(CCO)ccc2F)c1. The van der Waals surface area contributed by atoms with E-state index in [9.17, 15) is 4.39 Å². The van der Waals surface area contributed by atoms with Gasteiger partial charge in [-0.15, -0.1) is 0 Å². The van der Waals surface area contributed by atoms with Gasteiger partial charge in [0.2, 0.25) is 0 Å². The van der Waals surface area contributed by atoms with Gasteiger partial charge in [-0.1, -0.05) is 18.2 Å². The molecule has 0 aliphatic carbocycles. The molecule has 0 unspecified atom stereocenters. The van der Waals surface area contributed by atoms with Crippen LogP contribution < -0.4 is 4.74 Å². The van der Waals surface area contributed by atoms with E-state index in [4.69, 9.17) is 9.84 Å². The maximum absolute atomic E-state index is 13.8. The van der Waals surface area contributed by atoms with E-state index in [0.717, 1.165) is 11.1 Å². The summed E-state index contributed by atoms with van der Waals surface area (Å²) < 4.78 is 19.0. The summed E-state index contributed by atoms with van der Waals surface area (Å²) in [5.41, 5.74) is 2.21. The zero-order valence-corrected chi connectivity index (χ0v) is 10.2. The molecule has 0 bridgehead atoms. The van der Waals surface area contributed by atoms with Crippen molar-refractivity contribution in [3.05, 3.63) is 53.8 Å². The summed E-state index contributed by atoms with van der Waals surface area (Å²) >= 11 is 0. The first-order valence-electron chi connectivity index (χ1n) is 5.78. The largest absolute Gasteiger partial charge is 0.497 e. The van der Waals surface area contributed by atoms with Crippen LogP contribution in [-0.4, -0.2) is 18.8 Å². The Labute approximate surface area is 106 Å². The Hall–Kier alpha value is -1.87. The Bertz CT molecular complexity index is 538. The Kier molecular flexibility index (Phi) is 3.95. The van der Waals surface area contributed by atoms with Crippen LogP contribution in [0.2, 0.25) is 0 Å². The number of aliphatic hydroxyl groups excluding tert-OH is 1. The molecule has 0 atom stereocenters. The van der Waals surface area contributed by atoms with Crippen LogP contribution in [0.4, 0.5) is 4.39 Å². The predicted octanol–water partition coefficient (Wildman–Crippen LogP) is 3.04. The molecule has 0 fully saturated rings. The fourth-order valence-corrected chi connectivity index (χ4v) is 1.87. The lowest BCUT2D eigenvalue weighted by Gasteiger charge is -2.08. The molecule has 18 heavy (non-hydrogen) atoms. The summed E-state index contributed by atoms with van der Waals surface area (Å²) in [6.45, 7) is 0.0587. The lowest BCUT2D eigenvalue weighted by atomic mass is 10.0. The molecule has 0 spiro atoms. The summed E-state index contributed by atoms with van der Waals surface area (Å²) in [7, 11) is 1.58.